The van der Waals surface area contributed by atoms with E-state index in [9.17, 15) is 12.8 Å². The van der Waals surface area contributed by atoms with Crippen LogP contribution < -0.4 is 0 Å². The highest BCUT2D eigenvalue weighted by Crippen LogP contribution is 2.20. The number of benzene rings is 1. The molecule has 23 heavy (non-hydrogen) atoms. The molecule has 1 fully saturated rings. The molecule has 1 aromatic rings. The molecule has 0 amide bonds. The fourth-order valence-corrected chi connectivity index (χ4v) is 3.98. The number of nitrogens with zero attached hydrogens (tertiary/aromatic N) is 2. The van der Waals surface area contributed by atoms with Crippen molar-refractivity contribution in [3.05, 3.63) is 29.6 Å². The summed E-state index contributed by atoms with van der Waals surface area (Å²) < 4.78 is 38.4. The number of piperazine rings is 1. The molecule has 0 aromatic heterocycles. The summed E-state index contributed by atoms with van der Waals surface area (Å²) in [5, 5.41) is -0.549. The monoisotopic (exact) mass is 342 g/mol. The van der Waals surface area contributed by atoms with Crippen LogP contribution in [0.5, 0.6) is 0 Å². The van der Waals surface area contributed by atoms with Crippen molar-refractivity contribution in [2.75, 3.05) is 26.2 Å². The molecule has 4 nitrogen and oxygen atoms in total. The van der Waals surface area contributed by atoms with Gasteiger partial charge in [-0.1, -0.05) is 0 Å². The highest BCUT2D eigenvalue weighted by atomic mass is 32.2. The van der Waals surface area contributed by atoms with Gasteiger partial charge in [0.2, 0.25) is 0 Å². The van der Waals surface area contributed by atoms with Gasteiger partial charge < -0.3 is 0 Å². The van der Waals surface area contributed by atoms with Crippen LogP contribution >= 0.6 is 0 Å². The normalized spacial score (nSPS) is 18.0. The molecule has 6 heteroatoms. The van der Waals surface area contributed by atoms with E-state index in [1.165, 1.54) is 6.07 Å². The van der Waals surface area contributed by atoms with Gasteiger partial charge in [0.25, 0.3) is 0 Å². The van der Waals surface area contributed by atoms with Gasteiger partial charge in [0, 0.05) is 38.8 Å². The van der Waals surface area contributed by atoms with Crippen LogP contribution in [-0.4, -0.2) is 55.7 Å². The molecule has 0 atom stereocenters. The van der Waals surface area contributed by atoms with Gasteiger partial charge in [-0.2, -0.15) is 0 Å². The van der Waals surface area contributed by atoms with Crippen molar-refractivity contribution < 1.29 is 12.8 Å². The van der Waals surface area contributed by atoms with E-state index in [0.29, 0.717) is 12.6 Å². The highest BCUT2D eigenvalue weighted by molar-refractivity contribution is 7.92. The second-order valence-electron chi connectivity index (χ2n) is 6.79. The van der Waals surface area contributed by atoms with E-state index in [1.54, 1.807) is 19.9 Å². The molecular formula is C17H27FN2O2S. The van der Waals surface area contributed by atoms with Crippen molar-refractivity contribution >= 4 is 9.84 Å². The average Bonchev–Trinajstić information content (AvgIpc) is 2.47. The molecule has 1 aliphatic heterocycles. The lowest BCUT2D eigenvalue weighted by atomic mass is 10.2. The summed E-state index contributed by atoms with van der Waals surface area (Å²) in [5.74, 6) is -0.484. The zero-order chi connectivity index (χ0) is 17.2. The molecule has 1 heterocycles. The maximum absolute atomic E-state index is 13.9. The molecule has 2 rings (SSSR count). The van der Waals surface area contributed by atoms with Crippen molar-refractivity contribution in [1.29, 1.82) is 0 Å². The third kappa shape index (κ3) is 4.52. The van der Waals surface area contributed by atoms with Crippen LogP contribution in [0.4, 0.5) is 4.39 Å². The maximum atomic E-state index is 13.9. The third-order valence-corrected chi connectivity index (χ3v) is 6.56. The standard InChI is InChI=1S/C17H27FN2O2S/c1-13(2)20-7-5-19(6-8-20)12-15-9-16(18)11-17(10-15)23(21,22)14(3)4/h9-11,13-14H,5-8,12H2,1-4H3. The first-order valence-electron chi connectivity index (χ1n) is 8.20. The molecule has 0 aliphatic carbocycles. The van der Waals surface area contributed by atoms with Crippen molar-refractivity contribution in [2.45, 2.75) is 50.4 Å². The molecule has 0 saturated carbocycles. The molecule has 1 saturated heterocycles. The first kappa shape index (κ1) is 18.4. The fraction of sp³-hybridized carbons (Fsp3) is 0.647. The van der Waals surface area contributed by atoms with Gasteiger partial charge in [-0.05, 0) is 51.5 Å². The topological polar surface area (TPSA) is 40.6 Å². The minimum Gasteiger partial charge on any atom is -0.298 e. The van der Waals surface area contributed by atoms with E-state index in [4.69, 9.17) is 0 Å². The van der Waals surface area contributed by atoms with Crippen molar-refractivity contribution in [3.63, 3.8) is 0 Å². The number of hydrogen-bond acceptors (Lipinski definition) is 4. The minimum absolute atomic E-state index is 0.0864. The summed E-state index contributed by atoms with van der Waals surface area (Å²) in [5.41, 5.74) is 0.724. The first-order chi connectivity index (χ1) is 10.7. The zero-order valence-electron chi connectivity index (χ0n) is 14.4. The molecule has 1 aromatic carbocycles. The lowest BCUT2D eigenvalue weighted by Crippen LogP contribution is -2.48. The quantitative estimate of drug-likeness (QED) is 0.824. The van der Waals surface area contributed by atoms with Crippen LogP contribution in [0.2, 0.25) is 0 Å². The Hall–Kier alpha value is -0.980. The van der Waals surface area contributed by atoms with Crippen LogP contribution in [-0.2, 0) is 16.4 Å². The SMILES string of the molecule is CC(C)N1CCN(Cc2cc(F)cc(S(=O)(=O)C(C)C)c2)CC1. The smallest absolute Gasteiger partial charge is 0.180 e. The number of hydrogen-bond donors (Lipinski definition) is 0. The van der Waals surface area contributed by atoms with Crippen LogP contribution in [0, 0.1) is 5.82 Å². The van der Waals surface area contributed by atoms with Crippen LogP contribution in [0.25, 0.3) is 0 Å². The predicted molar refractivity (Wildman–Crippen MR) is 90.7 cm³/mol. The second-order valence-corrected chi connectivity index (χ2v) is 9.30. The first-order valence-corrected chi connectivity index (χ1v) is 9.74. The van der Waals surface area contributed by atoms with Gasteiger partial charge in [0.1, 0.15) is 5.82 Å². The van der Waals surface area contributed by atoms with Gasteiger partial charge >= 0.3 is 0 Å². The Morgan fingerprint density at radius 1 is 1.04 bits per heavy atom. The van der Waals surface area contributed by atoms with Gasteiger partial charge in [0.05, 0.1) is 10.1 Å². The Labute approximate surface area is 139 Å². The maximum Gasteiger partial charge on any atom is 0.180 e. The molecule has 0 spiro atoms. The van der Waals surface area contributed by atoms with E-state index in [-0.39, 0.29) is 4.90 Å². The molecule has 1 aliphatic rings. The summed E-state index contributed by atoms with van der Waals surface area (Å²) in [7, 11) is -3.45. The summed E-state index contributed by atoms with van der Waals surface area (Å²) in [4.78, 5) is 4.75. The summed E-state index contributed by atoms with van der Waals surface area (Å²) in [6, 6.07) is 4.71. The third-order valence-electron chi connectivity index (χ3n) is 4.42. The van der Waals surface area contributed by atoms with Gasteiger partial charge in [-0.25, -0.2) is 12.8 Å². The minimum atomic E-state index is -3.45. The number of halogens is 1. The molecule has 0 bridgehead atoms. The largest absolute Gasteiger partial charge is 0.298 e. The Balaban J connectivity index is 2.11. The van der Waals surface area contributed by atoms with E-state index in [0.717, 1.165) is 37.8 Å². The van der Waals surface area contributed by atoms with Crippen molar-refractivity contribution in [1.82, 2.24) is 9.80 Å². The van der Waals surface area contributed by atoms with E-state index < -0.39 is 20.9 Å². The number of sulfone groups is 1. The van der Waals surface area contributed by atoms with Crippen LogP contribution in [0.15, 0.2) is 23.1 Å². The van der Waals surface area contributed by atoms with E-state index >= 15 is 0 Å². The van der Waals surface area contributed by atoms with Gasteiger partial charge in [0.15, 0.2) is 9.84 Å². The van der Waals surface area contributed by atoms with Crippen LogP contribution in [0.1, 0.15) is 33.3 Å². The molecule has 0 radical (unpaired) electrons. The molecule has 0 N–H and O–H groups in total. The summed E-state index contributed by atoms with van der Waals surface area (Å²) in [6.07, 6.45) is 0. The molecule has 0 unspecified atom stereocenters. The summed E-state index contributed by atoms with van der Waals surface area (Å²) in [6.45, 7) is 12.0. The second kappa shape index (κ2) is 7.28. The van der Waals surface area contributed by atoms with E-state index in [2.05, 4.69) is 23.6 Å². The Bertz CT molecular complexity index is 636. The lowest BCUT2D eigenvalue weighted by Gasteiger charge is -2.37. The van der Waals surface area contributed by atoms with Crippen LogP contribution in [0.3, 0.4) is 0 Å². The molecular weight excluding hydrogens is 315 g/mol. The number of rotatable bonds is 5. The predicted octanol–water partition coefficient (Wildman–Crippen LogP) is 2.53. The summed E-state index contributed by atoms with van der Waals surface area (Å²) >= 11 is 0. The Morgan fingerprint density at radius 3 is 2.17 bits per heavy atom. The van der Waals surface area contributed by atoms with Gasteiger partial charge in [-0.15, -0.1) is 0 Å². The van der Waals surface area contributed by atoms with Crippen molar-refractivity contribution in [3.8, 4) is 0 Å². The Morgan fingerprint density at radius 2 is 1.65 bits per heavy atom. The van der Waals surface area contributed by atoms with E-state index in [1.807, 2.05) is 0 Å². The highest BCUT2D eigenvalue weighted by Gasteiger charge is 2.22. The lowest BCUT2D eigenvalue weighted by molar-refractivity contribution is 0.104. The average molecular weight is 342 g/mol. The van der Waals surface area contributed by atoms with Crippen molar-refractivity contribution in [2.24, 2.45) is 0 Å². The zero-order valence-corrected chi connectivity index (χ0v) is 15.2. The molecule has 130 valence electrons. The Kier molecular flexibility index (Phi) is 5.81. The fourth-order valence-electron chi connectivity index (χ4n) is 2.84. The van der Waals surface area contributed by atoms with Gasteiger partial charge in [-0.3, -0.25) is 9.80 Å².